The molecule has 0 radical (unpaired) electrons. The molecule has 0 aliphatic rings. The van der Waals surface area contributed by atoms with E-state index in [1.165, 1.54) is 12.1 Å². The minimum atomic E-state index is -0.257. The van der Waals surface area contributed by atoms with Gasteiger partial charge in [-0.1, -0.05) is 24.3 Å². The summed E-state index contributed by atoms with van der Waals surface area (Å²) in [4.78, 5) is 0. The summed E-state index contributed by atoms with van der Waals surface area (Å²) >= 11 is 0. The molecule has 0 unspecified atom stereocenters. The highest BCUT2D eigenvalue weighted by Crippen LogP contribution is 2.06. The Hall–Kier alpha value is -1.15. The van der Waals surface area contributed by atoms with E-state index in [4.69, 9.17) is 5.11 Å². The molecule has 0 fully saturated rings. The predicted molar refractivity (Wildman–Crippen MR) is 56.3 cm³/mol. The maximum absolute atomic E-state index is 12.5. The number of aliphatic hydroxyl groups excluding tert-OH is 1. The number of aliphatic hydroxyl groups is 1. The summed E-state index contributed by atoms with van der Waals surface area (Å²) in [5, 5.41) is 9.00. The molecule has 0 saturated heterocycles. The van der Waals surface area contributed by atoms with E-state index in [2.05, 4.69) is 0 Å². The topological polar surface area (TPSA) is 20.2 Å². The van der Waals surface area contributed by atoms with Crippen molar-refractivity contribution >= 4 is 6.08 Å². The number of allylic oxidation sites excluding steroid dienone is 1. The molecule has 0 saturated carbocycles. The molecule has 14 heavy (non-hydrogen) atoms. The van der Waals surface area contributed by atoms with Gasteiger partial charge in [-0.2, -0.15) is 0 Å². The van der Waals surface area contributed by atoms with E-state index in [1.807, 2.05) is 12.2 Å². The molecule has 1 atom stereocenters. The van der Waals surface area contributed by atoms with Gasteiger partial charge < -0.3 is 5.11 Å². The highest BCUT2D eigenvalue weighted by molar-refractivity contribution is 5.48. The minimum absolute atomic E-state index is 0.217. The van der Waals surface area contributed by atoms with Crippen LogP contribution in [0.15, 0.2) is 30.3 Å². The Balaban J connectivity index is 2.40. The highest BCUT2D eigenvalue weighted by atomic mass is 19.1. The van der Waals surface area contributed by atoms with Gasteiger partial charge in [0.15, 0.2) is 0 Å². The van der Waals surface area contributed by atoms with Gasteiger partial charge >= 0.3 is 0 Å². The van der Waals surface area contributed by atoms with Gasteiger partial charge in [0.1, 0.15) is 5.82 Å². The van der Waals surface area contributed by atoms with Gasteiger partial charge in [0, 0.05) is 0 Å². The van der Waals surface area contributed by atoms with Gasteiger partial charge in [0.2, 0.25) is 0 Å². The molecular weight excluding hydrogens is 179 g/mol. The summed E-state index contributed by atoms with van der Waals surface area (Å²) in [6, 6.07) is 6.34. The first-order chi connectivity index (χ1) is 6.68. The molecule has 0 aliphatic heterocycles. The van der Waals surface area contributed by atoms with Crippen LogP contribution in [0, 0.1) is 5.82 Å². The van der Waals surface area contributed by atoms with E-state index in [0.717, 1.165) is 18.4 Å². The molecule has 1 nitrogen and oxygen atoms in total. The fraction of sp³-hybridized carbons (Fsp3) is 0.333. The van der Waals surface area contributed by atoms with Crippen molar-refractivity contribution in [1.29, 1.82) is 0 Å². The van der Waals surface area contributed by atoms with Crippen LogP contribution in [0.1, 0.15) is 25.3 Å². The third-order valence-corrected chi connectivity index (χ3v) is 1.93. The first kappa shape index (κ1) is 10.9. The van der Waals surface area contributed by atoms with Crippen molar-refractivity contribution in [1.82, 2.24) is 0 Å². The maximum Gasteiger partial charge on any atom is 0.123 e. The number of hydrogen-bond acceptors (Lipinski definition) is 1. The number of halogens is 1. The van der Waals surface area contributed by atoms with Crippen molar-refractivity contribution < 1.29 is 9.50 Å². The van der Waals surface area contributed by atoms with Crippen LogP contribution >= 0.6 is 0 Å². The van der Waals surface area contributed by atoms with Gasteiger partial charge in [0.25, 0.3) is 0 Å². The van der Waals surface area contributed by atoms with Crippen molar-refractivity contribution in [3.8, 4) is 0 Å². The van der Waals surface area contributed by atoms with Crippen LogP contribution in [0.2, 0.25) is 0 Å². The van der Waals surface area contributed by atoms with Crippen LogP contribution in [-0.4, -0.2) is 11.2 Å². The summed E-state index contributed by atoms with van der Waals surface area (Å²) < 4.78 is 12.5. The lowest BCUT2D eigenvalue weighted by molar-refractivity contribution is 0.186. The van der Waals surface area contributed by atoms with Crippen molar-refractivity contribution in [3.05, 3.63) is 41.7 Å². The average Bonchev–Trinajstić information content (AvgIpc) is 2.15. The lowest BCUT2D eigenvalue weighted by Gasteiger charge is -1.98. The fourth-order valence-electron chi connectivity index (χ4n) is 1.13. The molecule has 1 rings (SSSR count). The number of hydrogen-bond donors (Lipinski definition) is 1. The zero-order valence-corrected chi connectivity index (χ0v) is 8.28. The van der Waals surface area contributed by atoms with Crippen LogP contribution in [0.3, 0.4) is 0 Å². The van der Waals surface area contributed by atoms with Crippen molar-refractivity contribution in [3.63, 3.8) is 0 Å². The molecule has 0 spiro atoms. The van der Waals surface area contributed by atoms with Crippen LogP contribution in [0.5, 0.6) is 0 Å². The molecular formula is C12H15FO. The quantitative estimate of drug-likeness (QED) is 0.781. The average molecular weight is 194 g/mol. The second kappa shape index (κ2) is 5.55. The second-order valence-electron chi connectivity index (χ2n) is 3.38. The number of rotatable bonds is 4. The second-order valence-corrected chi connectivity index (χ2v) is 3.38. The number of benzene rings is 1. The molecule has 1 N–H and O–H groups in total. The zero-order valence-electron chi connectivity index (χ0n) is 8.28. The van der Waals surface area contributed by atoms with E-state index in [1.54, 1.807) is 19.1 Å². The van der Waals surface area contributed by atoms with Crippen LogP contribution in [0.4, 0.5) is 4.39 Å². The lowest BCUT2D eigenvalue weighted by atomic mass is 10.1. The largest absolute Gasteiger partial charge is 0.393 e. The molecule has 0 aliphatic carbocycles. The molecule has 1 aromatic carbocycles. The first-order valence-corrected chi connectivity index (χ1v) is 4.78. The molecule has 0 heterocycles. The Bertz CT molecular complexity index is 288. The Morgan fingerprint density at radius 3 is 2.57 bits per heavy atom. The van der Waals surface area contributed by atoms with E-state index >= 15 is 0 Å². The van der Waals surface area contributed by atoms with E-state index in [9.17, 15) is 4.39 Å². The zero-order chi connectivity index (χ0) is 10.4. The van der Waals surface area contributed by atoms with Crippen LogP contribution < -0.4 is 0 Å². The monoisotopic (exact) mass is 194 g/mol. The molecule has 0 aromatic heterocycles. The lowest BCUT2D eigenvalue weighted by Crippen LogP contribution is -1.96. The Morgan fingerprint density at radius 1 is 1.36 bits per heavy atom. The summed E-state index contributed by atoms with van der Waals surface area (Å²) in [6.07, 6.45) is 5.27. The standard InChI is InChI=1S/C12H15FO/c1-10(14)4-2-3-5-11-6-8-12(13)9-7-11/h3,5-10,14H,2,4H2,1H3/b5-3+/t10-/m1/s1. The molecule has 1 aromatic rings. The first-order valence-electron chi connectivity index (χ1n) is 4.78. The smallest absolute Gasteiger partial charge is 0.123 e. The maximum atomic E-state index is 12.5. The molecule has 0 amide bonds. The van der Waals surface area contributed by atoms with Crippen molar-refractivity contribution in [2.75, 3.05) is 0 Å². The summed E-state index contributed by atoms with van der Waals surface area (Å²) in [7, 11) is 0. The van der Waals surface area contributed by atoms with Gasteiger partial charge in [-0.25, -0.2) is 4.39 Å². The third-order valence-electron chi connectivity index (χ3n) is 1.93. The van der Waals surface area contributed by atoms with Gasteiger partial charge in [-0.05, 0) is 37.5 Å². The summed E-state index contributed by atoms with van der Waals surface area (Å²) in [5.74, 6) is -0.217. The molecule has 2 heteroatoms. The van der Waals surface area contributed by atoms with Crippen molar-refractivity contribution in [2.24, 2.45) is 0 Å². The normalized spacial score (nSPS) is 13.4. The molecule has 76 valence electrons. The summed E-state index contributed by atoms with van der Waals surface area (Å²) in [5.41, 5.74) is 0.983. The van der Waals surface area contributed by atoms with Crippen LogP contribution in [0.25, 0.3) is 6.08 Å². The third kappa shape index (κ3) is 4.19. The Morgan fingerprint density at radius 2 is 2.00 bits per heavy atom. The van der Waals surface area contributed by atoms with E-state index in [-0.39, 0.29) is 11.9 Å². The van der Waals surface area contributed by atoms with Crippen LogP contribution in [-0.2, 0) is 0 Å². The Kier molecular flexibility index (Phi) is 4.33. The van der Waals surface area contributed by atoms with Gasteiger partial charge in [0.05, 0.1) is 6.10 Å². The predicted octanol–water partition coefficient (Wildman–Crippen LogP) is 3.00. The SMILES string of the molecule is C[C@@H](O)CC/C=C/c1ccc(F)cc1. The fourth-order valence-corrected chi connectivity index (χ4v) is 1.13. The minimum Gasteiger partial charge on any atom is -0.393 e. The summed E-state index contributed by atoms with van der Waals surface area (Å²) in [6.45, 7) is 1.77. The van der Waals surface area contributed by atoms with Crippen molar-refractivity contribution in [2.45, 2.75) is 25.9 Å². The van der Waals surface area contributed by atoms with Gasteiger partial charge in [-0.15, -0.1) is 0 Å². The Labute approximate surface area is 83.9 Å². The van der Waals surface area contributed by atoms with E-state index < -0.39 is 0 Å². The van der Waals surface area contributed by atoms with E-state index in [0.29, 0.717) is 0 Å². The van der Waals surface area contributed by atoms with Gasteiger partial charge in [-0.3, -0.25) is 0 Å². The highest BCUT2D eigenvalue weighted by Gasteiger charge is 1.92. The molecule has 0 bridgehead atoms.